The Morgan fingerprint density at radius 2 is 1.74 bits per heavy atom. The molecule has 0 aliphatic heterocycles. The second-order valence-corrected chi connectivity index (χ2v) is 5.90. The van der Waals surface area contributed by atoms with Crippen molar-refractivity contribution < 1.29 is 4.39 Å². The number of hydrogen-bond donors (Lipinski definition) is 0. The second kappa shape index (κ2) is 4.89. The van der Waals surface area contributed by atoms with Gasteiger partial charge in [0.25, 0.3) is 0 Å². The zero-order valence-corrected chi connectivity index (χ0v) is 12.2. The van der Waals surface area contributed by atoms with Gasteiger partial charge in [-0.25, -0.2) is 14.4 Å². The van der Waals surface area contributed by atoms with Crippen LogP contribution in [0.25, 0.3) is 11.3 Å². The van der Waals surface area contributed by atoms with Gasteiger partial charge in [0.15, 0.2) is 0 Å². The van der Waals surface area contributed by atoms with Crippen molar-refractivity contribution >= 4 is 11.6 Å². The number of benzene rings is 1. The summed E-state index contributed by atoms with van der Waals surface area (Å²) in [6.07, 6.45) is 0. The van der Waals surface area contributed by atoms with Gasteiger partial charge in [-0.1, -0.05) is 44.5 Å². The SMILES string of the molecule is Cc1c(Cl)nc(C(C)(C)C)nc1-c1ccccc1F. The number of nitrogens with zero attached hydrogens (tertiary/aromatic N) is 2. The highest BCUT2D eigenvalue weighted by Gasteiger charge is 2.22. The van der Waals surface area contributed by atoms with E-state index in [1.807, 2.05) is 20.8 Å². The summed E-state index contributed by atoms with van der Waals surface area (Å²) in [5.74, 6) is 0.307. The van der Waals surface area contributed by atoms with E-state index >= 15 is 0 Å². The molecule has 1 aromatic carbocycles. The molecule has 0 fully saturated rings. The quantitative estimate of drug-likeness (QED) is 0.716. The van der Waals surface area contributed by atoms with E-state index < -0.39 is 0 Å². The van der Waals surface area contributed by atoms with Crippen LogP contribution in [0.2, 0.25) is 5.15 Å². The summed E-state index contributed by atoms with van der Waals surface area (Å²) in [7, 11) is 0. The Bertz CT molecular complexity index is 618. The largest absolute Gasteiger partial charge is 0.232 e. The minimum atomic E-state index is -0.305. The monoisotopic (exact) mass is 278 g/mol. The number of aromatic nitrogens is 2. The van der Waals surface area contributed by atoms with Crippen molar-refractivity contribution in [1.29, 1.82) is 0 Å². The molecule has 0 atom stereocenters. The number of halogens is 2. The molecule has 0 saturated heterocycles. The van der Waals surface area contributed by atoms with Crippen molar-refractivity contribution in [3.63, 3.8) is 0 Å². The zero-order valence-electron chi connectivity index (χ0n) is 11.5. The van der Waals surface area contributed by atoms with Crippen molar-refractivity contribution in [2.75, 3.05) is 0 Å². The van der Waals surface area contributed by atoms with Crippen LogP contribution in [0.5, 0.6) is 0 Å². The predicted octanol–water partition coefficient (Wildman–Crippen LogP) is 4.54. The third-order valence-corrected chi connectivity index (χ3v) is 3.25. The molecule has 100 valence electrons. The Labute approximate surface area is 117 Å². The Balaban J connectivity index is 2.70. The first-order valence-corrected chi connectivity index (χ1v) is 6.48. The third kappa shape index (κ3) is 2.76. The fourth-order valence-electron chi connectivity index (χ4n) is 1.74. The van der Waals surface area contributed by atoms with E-state index in [4.69, 9.17) is 11.6 Å². The normalized spacial score (nSPS) is 11.7. The Hall–Kier alpha value is -1.48. The maximum absolute atomic E-state index is 13.9. The van der Waals surface area contributed by atoms with Gasteiger partial charge in [-0.15, -0.1) is 0 Å². The van der Waals surface area contributed by atoms with Gasteiger partial charge >= 0.3 is 0 Å². The molecule has 0 radical (unpaired) electrons. The predicted molar refractivity (Wildman–Crippen MR) is 75.9 cm³/mol. The molecule has 1 aromatic heterocycles. The van der Waals surface area contributed by atoms with Crippen LogP contribution in [0, 0.1) is 12.7 Å². The van der Waals surface area contributed by atoms with Crippen LogP contribution in [0.15, 0.2) is 24.3 Å². The molecule has 0 aliphatic carbocycles. The van der Waals surface area contributed by atoms with Crippen molar-refractivity contribution in [3.8, 4) is 11.3 Å². The summed E-state index contributed by atoms with van der Waals surface area (Å²) in [6, 6.07) is 6.56. The van der Waals surface area contributed by atoms with E-state index in [9.17, 15) is 4.39 Å². The molecule has 2 nitrogen and oxygen atoms in total. The van der Waals surface area contributed by atoms with Crippen molar-refractivity contribution in [1.82, 2.24) is 9.97 Å². The standard InChI is InChI=1S/C15H16ClFN2/c1-9-12(10-7-5-6-8-11(10)17)18-14(15(2,3)4)19-13(9)16/h5-8H,1-4H3. The van der Waals surface area contributed by atoms with Crippen molar-refractivity contribution in [2.45, 2.75) is 33.1 Å². The van der Waals surface area contributed by atoms with E-state index in [2.05, 4.69) is 9.97 Å². The molecule has 4 heteroatoms. The molecule has 0 unspecified atom stereocenters. The number of hydrogen-bond acceptors (Lipinski definition) is 2. The maximum atomic E-state index is 13.9. The molecular formula is C15H16ClFN2. The Morgan fingerprint density at radius 1 is 1.11 bits per heavy atom. The van der Waals surface area contributed by atoms with Gasteiger partial charge in [-0.3, -0.25) is 0 Å². The fourth-order valence-corrected chi connectivity index (χ4v) is 1.91. The van der Waals surface area contributed by atoms with Crippen LogP contribution in [0.4, 0.5) is 4.39 Å². The van der Waals surface area contributed by atoms with Gasteiger partial charge in [0.05, 0.1) is 5.69 Å². The van der Waals surface area contributed by atoms with Gasteiger partial charge in [-0.2, -0.15) is 0 Å². The molecule has 2 rings (SSSR count). The van der Waals surface area contributed by atoms with Gasteiger partial charge in [0.1, 0.15) is 16.8 Å². The molecule has 0 spiro atoms. The average molecular weight is 279 g/mol. The molecule has 0 saturated carbocycles. The summed E-state index contributed by atoms with van der Waals surface area (Å²) < 4.78 is 13.9. The molecule has 2 aromatic rings. The topological polar surface area (TPSA) is 25.8 Å². The van der Waals surface area contributed by atoms with Gasteiger partial charge in [0, 0.05) is 16.5 Å². The van der Waals surface area contributed by atoms with Crippen LogP contribution < -0.4 is 0 Å². The van der Waals surface area contributed by atoms with Gasteiger partial charge in [0.2, 0.25) is 0 Å². The van der Waals surface area contributed by atoms with Crippen LogP contribution in [-0.2, 0) is 5.41 Å². The first kappa shape index (κ1) is 13.9. The lowest BCUT2D eigenvalue weighted by atomic mass is 9.95. The van der Waals surface area contributed by atoms with E-state index in [1.54, 1.807) is 25.1 Å². The van der Waals surface area contributed by atoms with E-state index in [0.717, 1.165) is 0 Å². The van der Waals surface area contributed by atoms with Crippen LogP contribution in [-0.4, -0.2) is 9.97 Å². The third-order valence-electron chi connectivity index (χ3n) is 2.89. The van der Waals surface area contributed by atoms with E-state index in [-0.39, 0.29) is 11.2 Å². The lowest BCUT2D eigenvalue weighted by Gasteiger charge is -2.19. The minimum absolute atomic E-state index is 0.239. The smallest absolute Gasteiger partial charge is 0.136 e. The highest BCUT2D eigenvalue weighted by molar-refractivity contribution is 6.30. The molecule has 0 N–H and O–H groups in total. The zero-order chi connectivity index (χ0) is 14.2. The van der Waals surface area contributed by atoms with Crippen LogP contribution >= 0.6 is 11.6 Å². The summed E-state index contributed by atoms with van der Waals surface area (Å²) in [4.78, 5) is 8.79. The Kier molecular flexibility index (Phi) is 3.59. The highest BCUT2D eigenvalue weighted by atomic mass is 35.5. The van der Waals surface area contributed by atoms with Crippen molar-refractivity contribution in [3.05, 3.63) is 46.6 Å². The summed E-state index contributed by atoms with van der Waals surface area (Å²) in [5, 5.41) is 0.373. The summed E-state index contributed by atoms with van der Waals surface area (Å²) >= 11 is 6.15. The molecule has 0 aliphatic rings. The van der Waals surface area contributed by atoms with Crippen molar-refractivity contribution in [2.24, 2.45) is 0 Å². The summed E-state index contributed by atoms with van der Waals surface area (Å²) in [6.45, 7) is 7.80. The lowest BCUT2D eigenvalue weighted by molar-refractivity contribution is 0.545. The molecular weight excluding hydrogens is 263 g/mol. The van der Waals surface area contributed by atoms with Gasteiger partial charge < -0.3 is 0 Å². The molecule has 0 amide bonds. The highest BCUT2D eigenvalue weighted by Crippen LogP contribution is 2.30. The van der Waals surface area contributed by atoms with Gasteiger partial charge in [-0.05, 0) is 19.1 Å². The minimum Gasteiger partial charge on any atom is -0.232 e. The lowest BCUT2D eigenvalue weighted by Crippen LogP contribution is -2.17. The molecule has 19 heavy (non-hydrogen) atoms. The van der Waals surface area contributed by atoms with Crippen LogP contribution in [0.3, 0.4) is 0 Å². The molecule has 1 heterocycles. The first-order valence-electron chi connectivity index (χ1n) is 6.10. The fraction of sp³-hybridized carbons (Fsp3) is 0.333. The maximum Gasteiger partial charge on any atom is 0.136 e. The average Bonchev–Trinajstić information content (AvgIpc) is 2.32. The molecule has 0 bridgehead atoms. The van der Waals surface area contributed by atoms with Crippen LogP contribution in [0.1, 0.15) is 32.2 Å². The van der Waals surface area contributed by atoms with E-state index in [1.165, 1.54) is 6.07 Å². The second-order valence-electron chi connectivity index (χ2n) is 5.54. The number of rotatable bonds is 1. The first-order chi connectivity index (χ1) is 8.80. The summed E-state index contributed by atoms with van der Waals surface area (Å²) in [5.41, 5.74) is 1.47. The van der Waals surface area contributed by atoms with E-state index in [0.29, 0.717) is 27.8 Å². The Morgan fingerprint density at radius 3 is 2.32 bits per heavy atom.